The van der Waals surface area contributed by atoms with Crippen LogP contribution in [0.4, 0.5) is 0 Å². The standard InChI is InChI=1S/C12H14BrClO/c13-11(15)8-12(6-1-7-12)9-2-4-10(14)5-3-9/h2-5,11,15H,1,6-8H2/t11-/m1/s1. The molecule has 0 spiro atoms. The number of halogens is 2. The van der Waals surface area contributed by atoms with Crippen molar-refractivity contribution in [1.82, 2.24) is 0 Å². The molecular weight excluding hydrogens is 275 g/mol. The topological polar surface area (TPSA) is 20.2 Å². The minimum Gasteiger partial charge on any atom is -0.382 e. The van der Waals surface area contributed by atoms with Crippen molar-refractivity contribution in [3.63, 3.8) is 0 Å². The smallest absolute Gasteiger partial charge is 0.109 e. The summed E-state index contributed by atoms with van der Waals surface area (Å²) < 4.78 is 0. The zero-order chi connectivity index (χ0) is 10.9. The zero-order valence-corrected chi connectivity index (χ0v) is 10.8. The third kappa shape index (κ3) is 2.38. The van der Waals surface area contributed by atoms with Gasteiger partial charge in [-0.15, -0.1) is 0 Å². The molecule has 3 heteroatoms. The highest BCUT2D eigenvalue weighted by Crippen LogP contribution is 2.47. The second-order valence-electron chi connectivity index (χ2n) is 4.28. The van der Waals surface area contributed by atoms with Crippen LogP contribution < -0.4 is 0 Å². The van der Waals surface area contributed by atoms with E-state index in [9.17, 15) is 5.11 Å². The van der Waals surface area contributed by atoms with Gasteiger partial charge in [0.2, 0.25) is 0 Å². The molecule has 0 aliphatic heterocycles. The molecule has 0 heterocycles. The molecule has 1 aliphatic rings. The van der Waals surface area contributed by atoms with Gasteiger partial charge in [-0.1, -0.05) is 46.1 Å². The highest BCUT2D eigenvalue weighted by Gasteiger charge is 2.39. The van der Waals surface area contributed by atoms with Gasteiger partial charge >= 0.3 is 0 Å². The number of hydrogen-bond acceptors (Lipinski definition) is 1. The fourth-order valence-corrected chi connectivity index (χ4v) is 3.09. The maximum absolute atomic E-state index is 9.46. The van der Waals surface area contributed by atoms with Gasteiger partial charge < -0.3 is 5.11 Å². The van der Waals surface area contributed by atoms with Gasteiger partial charge in [0.1, 0.15) is 5.01 Å². The van der Waals surface area contributed by atoms with Crippen molar-refractivity contribution >= 4 is 27.5 Å². The highest BCUT2D eigenvalue weighted by atomic mass is 79.9. The Morgan fingerprint density at radius 3 is 2.33 bits per heavy atom. The van der Waals surface area contributed by atoms with E-state index in [1.165, 1.54) is 12.0 Å². The van der Waals surface area contributed by atoms with E-state index in [2.05, 4.69) is 28.1 Å². The second-order valence-corrected chi connectivity index (χ2v) is 5.77. The molecule has 0 amide bonds. The molecule has 15 heavy (non-hydrogen) atoms. The second kappa shape index (κ2) is 4.44. The summed E-state index contributed by atoms with van der Waals surface area (Å²) >= 11 is 9.10. The van der Waals surface area contributed by atoms with Crippen molar-refractivity contribution < 1.29 is 5.11 Å². The molecule has 1 aromatic rings. The van der Waals surface area contributed by atoms with Gasteiger partial charge in [0, 0.05) is 5.02 Å². The molecule has 1 saturated carbocycles. The Balaban J connectivity index is 2.22. The van der Waals surface area contributed by atoms with E-state index in [0.29, 0.717) is 0 Å². The van der Waals surface area contributed by atoms with Crippen molar-refractivity contribution in [3.8, 4) is 0 Å². The summed E-state index contributed by atoms with van der Waals surface area (Å²) in [6, 6.07) is 8.02. The molecule has 1 N–H and O–H groups in total. The maximum Gasteiger partial charge on any atom is 0.109 e. The fourth-order valence-electron chi connectivity index (χ4n) is 2.34. The van der Waals surface area contributed by atoms with Gasteiger partial charge in [0.05, 0.1) is 0 Å². The Labute approximate surface area is 104 Å². The molecule has 0 aromatic heterocycles. The monoisotopic (exact) mass is 288 g/mol. The number of rotatable bonds is 3. The van der Waals surface area contributed by atoms with Crippen LogP contribution in [0.2, 0.25) is 5.02 Å². The molecule has 82 valence electrons. The van der Waals surface area contributed by atoms with Crippen LogP contribution in [0.3, 0.4) is 0 Å². The number of hydrogen-bond donors (Lipinski definition) is 1. The first-order valence-electron chi connectivity index (χ1n) is 5.21. The van der Waals surface area contributed by atoms with Crippen molar-refractivity contribution in [3.05, 3.63) is 34.9 Å². The summed E-state index contributed by atoms with van der Waals surface area (Å²) in [7, 11) is 0. The summed E-state index contributed by atoms with van der Waals surface area (Å²) in [6.07, 6.45) is 4.37. The highest BCUT2D eigenvalue weighted by molar-refractivity contribution is 9.09. The van der Waals surface area contributed by atoms with Gasteiger partial charge in [-0.2, -0.15) is 0 Å². The van der Waals surface area contributed by atoms with Crippen molar-refractivity contribution in [2.75, 3.05) is 0 Å². The number of aliphatic hydroxyl groups excluding tert-OH is 1. The molecule has 0 radical (unpaired) electrons. The minimum atomic E-state index is -0.409. The summed E-state index contributed by atoms with van der Waals surface area (Å²) in [6.45, 7) is 0. The Morgan fingerprint density at radius 1 is 1.33 bits per heavy atom. The normalized spacial score (nSPS) is 20.7. The zero-order valence-electron chi connectivity index (χ0n) is 8.42. The molecule has 2 rings (SSSR count). The van der Waals surface area contributed by atoms with Gasteiger partial charge in [0.25, 0.3) is 0 Å². The van der Waals surface area contributed by atoms with E-state index < -0.39 is 5.01 Å². The van der Waals surface area contributed by atoms with E-state index in [-0.39, 0.29) is 5.41 Å². The van der Waals surface area contributed by atoms with Crippen LogP contribution in [0.5, 0.6) is 0 Å². The van der Waals surface area contributed by atoms with Crippen LogP contribution in [-0.4, -0.2) is 10.1 Å². The first kappa shape index (κ1) is 11.4. The third-order valence-corrected chi connectivity index (χ3v) is 3.90. The lowest BCUT2D eigenvalue weighted by molar-refractivity contribution is 0.152. The molecule has 1 aliphatic carbocycles. The first-order chi connectivity index (χ1) is 7.12. The molecule has 1 aromatic carbocycles. The van der Waals surface area contributed by atoms with Crippen LogP contribution in [0, 0.1) is 0 Å². The number of alkyl halides is 1. The summed E-state index contributed by atoms with van der Waals surface area (Å²) in [4.78, 5) is 0. The average molecular weight is 290 g/mol. The lowest BCUT2D eigenvalue weighted by Crippen LogP contribution is -2.36. The first-order valence-corrected chi connectivity index (χ1v) is 6.50. The van der Waals surface area contributed by atoms with Gasteiger partial charge in [-0.05, 0) is 42.4 Å². The van der Waals surface area contributed by atoms with Gasteiger partial charge in [-0.3, -0.25) is 0 Å². The van der Waals surface area contributed by atoms with Crippen LogP contribution in [-0.2, 0) is 5.41 Å². The van der Waals surface area contributed by atoms with E-state index in [1.807, 2.05) is 12.1 Å². The predicted octanol–water partition coefficient (Wildman–Crippen LogP) is 3.87. The SMILES string of the molecule is O[C@@H](Br)CC1(c2ccc(Cl)cc2)CCC1. The van der Waals surface area contributed by atoms with Gasteiger partial charge in [-0.25, -0.2) is 0 Å². The third-order valence-electron chi connectivity index (χ3n) is 3.33. The van der Waals surface area contributed by atoms with Crippen molar-refractivity contribution in [1.29, 1.82) is 0 Å². The summed E-state index contributed by atoms with van der Waals surface area (Å²) in [5.74, 6) is 0. The Hall–Kier alpha value is -0.0500. The Morgan fingerprint density at radius 2 is 1.93 bits per heavy atom. The molecule has 0 unspecified atom stereocenters. The van der Waals surface area contributed by atoms with E-state index >= 15 is 0 Å². The van der Waals surface area contributed by atoms with Crippen LogP contribution in [0.15, 0.2) is 24.3 Å². The molecule has 1 fully saturated rings. The fraction of sp³-hybridized carbons (Fsp3) is 0.500. The largest absolute Gasteiger partial charge is 0.382 e. The summed E-state index contributed by atoms with van der Waals surface area (Å²) in [5.41, 5.74) is 1.48. The number of benzene rings is 1. The Bertz CT molecular complexity index is 330. The lowest BCUT2D eigenvalue weighted by Gasteiger charge is -2.43. The molecule has 1 atom stereocenters. The van der Waals surface area contributed by atoms with Crippen LogP contribution in [0.1, 0.15) is 31.2 Å². The average Bonchev–Trinajstić information content (AvgIpc) is 2.13. The van der Waals surface area contributed by atoms with Crippen molar-refractivity contribution in [2.45, 2.75) is 36.1 Å². The van der Waals surface area contributed by atoms with Crippen LogP contribution >= 0.6 is 27.5 Å². The Kier molecular flexibility index (Phi) is 3.39. The van der Waals surface area contributed by atoms with E-state index in [1.54, 1.807) is 0 Å². The number of aliphatic hydroxyl groups is 1. The van der Waals surface area contributed by atoms with Crippen molar-refractivity contribution in [2.24, 2.45) is 0 Å². The molecule has 0 bridgehead atoms. The predicted molar refractivity (Wildman–Crippen MR) is 66.5 cm³/mol. The van der Waals surface area contributed by atoms with E-state index in [0.717, 1.165) is 24.3 Å². The minimum absolute atomic E-state index is 0.174. The van der Waals surface area contributed by atoms with Gasteiger partial charge in [0.15, 0.2) is 0 Å². The quantitative estimate of drug-likeness (QED) is 0.838. The lowest BCUT2D eigenvalue weighted by atomic mass is 9.63. The molecular formula is C12H14BrClO. The summed E-state index contributed by atoms with van der Waals surface area (Å²) in [5, 5.41) is 9.82. The van der Waals surface area contributed by atoms with E-state index in [4.69, 9.17) is 11.6 Å². The molecule has 0 saturated heterocycles. The van der Waals surface area contributed by atoms with Crippen LogP contribution in [0.25, 0.3) is 0 Å². The maximum atomic E-state index is 9.46. The molecule has 1 nitrogen and oxygen atoms in total.